The number of sulfonamides is 1. The molecule has 0 aliphatic heterocycles. The lowest BCUT2D eigenvalue weighted by atomic mass is 10.3. The monoisotopic (exact) mass is 435 g/mol. The van der Waals surface area contributed by atoms with E-state index in [9.17, 15) is 17.6 Å². The number of methoxy groups -OCH3 is 1. The summed E-state index contributed by atoms with van der Waals surface area (Å²) in [7, 11) is -3.00. The first-order chi connectivity index (χ1) is 11.3. The van der Waals surface area contributed by atoms with Gasteiger partial charge >= 0.3 is 5.97 Å². The van der Waals surface area contributed by atoms with Crippen molar-refractivity contribution in [2.24, 2.45) is 0 Å². The number of benzene rings is 2. The van der Waals surface area contributed by atoms with Gasteiger partial charge in [0.1, 0.15) is 12.4 Å². The quantitative estimate of drug-likeness (QED) is 0.672. The Morgan fingerprint density at radius 1 is 1.25 bits per heavy atom. The number of anilines is 1. The van der Waals surface area contributed by atoms with Crippen molar-refractivity contribution in [3.8, 4) is 0 Å². The molecule has 24 heavy (non-hydrogen) atoms. The molecule has 0 saturated carbocycles. The molecule has 0 fully saturated rings. The van der Waals surface area contributed by atoms with Crippen LogP contribution < -0.4 is 4.31 Å². The largest absolute Gasteiger partial charge is 0.468 e. The molecule has 9 heteroatoms. The molecular weight excluding hydrogens is 425 g/mol. The molecule has 2 rings (SSSR count). The van der Waals surface area contributed by atoms with Gasteiger partial charge in [0.25, 0.3) is 10.0 Å². The topological polar surface area (TPSA) is 63.7 Å². The molecule has 128 valence electrons. The molecule has 2 aromatic rings. The number of carbonyl (C=O) groups is 1. The van der Waals surface area contributed by atoms with Gasteiger partial charge in [-0.15, -0.1) is 0 Å². The highest BCUT2D eigenvalue weighted by Gasteiger charge is 2.29. The van der Waals surface area contributed by atoms with Crippen molar-refractivity contribution in [3.05, 3.63) is 57.8 Å². The maximum absolute atomic E-state index is 13.1. The van der Waals surface area contributed by atoms with E-state index in [0.29, 0.717) is 4.47 Å². The van der Waals surface area contributed by atoms with E-state index in [1.54, 1.807) is 6.07 Å². The number of esters is 1. The summed E-state index contributed by atoms with van der Waals surface area (Å²) in [5.41, 5.74) is 0.106. The van der Waals surface area contributed by atoms with Crippen LogP contribution in [0.4, 0.5) is 10.1 Å². The summed E-state index contributed by atoms with van der Waals surface area (Å²) in [6.07, 6.45) is 0. The summed E-state index contributed by atoms with van der Waals surface area (Å²) in [6, 6.07) is 8.81. The van der Waals surface area contributed by atoms with Crippen molar-refractivity contribution in [2.75, 3.05) is 18.0 Å². The number of carbonyl (C=O) groups excluding carboxylic acids is 1. The Kier molecular flexibility index (Phi) is 5.84. The summed E-state index contributed by atoms with van der Waals surface area (Å²) in [6.45, 7) is -0.572. The maximum atomic E-state index is 13.1. The third kappa shape index (κ3) is 4.06. The van der Waals surface area contributed by atoms with E-state index < -0.39 is 28.4 Å². The van der Waals surface area contributed by atoms with Crippen molar-refractivity contribution < 1.29 is 22.3 Å². The zero-order chi connectivity index (χ0) is 17.9. The highest BCUT2D eigenvalue weighted by Crippen LogP contribution is 2.32. The zero-order valence-corrected chi connectivity index (χ0v) is 15.5. The highest BCUT2D eigenvalue weighted by molar-refractivity contribution is 9.10. The molecule has 0 spiro atoms. The predicted molar refractivity (Wildman–Crippen MR) is 92.1 cm³/mol. The van der Waals surface area contributed by atoms with Crippen LogP contribution in [0.1, 0.15) is 0 Å². The van der Waals surface area contributed by atoms with E-state index in [4.69, 9.17) is 11.6 Å². The average Bonchev–Trinajstić information content (AvgIpc) is 2.53. The van der Waals surface area contributed by atoms with Gasteiger partial charge in [-0.1, -0.05) is 27.5 Å². The molecule has 0 aromatic heterocycles. The van der Waals surface area contributed by atoms with E-state index in [1.807, 2.05) is 0 Å². The van der Waals surface area contributed by atoms with Gasteiger partial charge in [-0.05, 0) is 42.5 Å². The number of hydrogen-bond donors (Lipinski definition) is 0. The van der Waals surface area contributed by atoms with Crippen LogP contribution in [0, 0.1) is 5.82 Å². The first-order valence-electron chi connectivity index (χ1n) is 6.56. The summed E-state index contributed by atoms with van der Waals surface area (Å²) in [5.74, 6) is -1.34. The molecule has 0 aliphatic rings. The van der Waals surface area contributed by atoms with Gasteiger partial charge in [-0.3, -0.25) is 9.10 Å². The molecule has 0 amide bonds. The van der Waals surface area contributed by atoms with Crippen LogP contribution in [0.5, 0.6) is 0 Å². The fraction of sp³-hybridized carbons (Fsp3) is 0.133. The van der Waals surface area contributed by atoms with Gasteiger partial charge in [0.15, 0.2) is 0 Å². The summed E-state index contributed by atoms with van der Waals surface area (Å²) in [4.78, 5) is 11.5. The van der Waals surface area contributed by atoms with Crippen molar-refractivity contribution in [2.45, 2.75) is 4.90 Å². The lowest BCUT2D eigenvalue weighted by Crippen LogP contribution is -2.36. The van der Waals surface area contributed by atoms with Crippen LogP contribution in [0.25, 0.3) is 0 Å². The van der Waals surface area contributed by atoms with E-state index in [1.165, 1.54) is 12.1 Å². The van der Waals surface area contributed by atoms with Crippen LogP contribution in [0.2, 0.25) is 5.02 Å². The van der Waals surface area contributed by atoms with Crippen molar-refractivity contribution in [1.29, 1.82) is 0 Å². The molecule has 2 aromatic carbocycles. The number of ether oxygens (including phenoxy) is 1. The van der Waals surface area contributed by atoms with Crippen LogP contribution in [0.3, 0.4) is 0 Å². The van der Waals surface area contributed by atoms with Gasteiger partial charge in [0.2, 0.25) is 0 Å². The molecule has 0 bridgehead atoms. The second-order valence-electron chi connectivity index (χ2n) is 4.64. The third-order valence-electron chi connectivity index (χ3n) is 3.08. The fourth-order valence-electron chi connectivity index (χ4n) is 1.90. The van der Waals surface area contributed by atoms with Gasteiger partial charge < -0.3 is 4.74 Å². The minimum Gasteiger partial charge on any atom is -0.468 e. The summed E-state index contributed by atoms with van der Waals surface area (Å²) in [5, 5.41) is 0.124. The van der Waals surface area contributed by atoms with Crippen LogP contribution in [0.15, 0.2) is 51.8 Å². The standard InChI is InChI=1S/C15H12BrClFNO4S/c1-23-15(20)9-19(14-7-2-10(16)8-13(14)17)24(21,22)12-5-3-11(18)4-6-12/h2-8H,9H2,1H3. The third-order valence-corrected chi connectivity index (χ3v) is 5.65. The van der Waals surface area contributed by atoms with E-state index in [-0.39, 0.29) is 15.6 Å². The molecule has 0 N–H and O–H groups in total. The Bertz CT molecular complexity index is 858. The molecule has 5 nitrogen and oxygen atoms in total. The minimum absolute atomic E-state index is 0.106. The smallest absolute Gasteiger partial charge is 0.326 e. The van der Waals surface area contributed by atoms with E-state index >= 15 is 0 Å². The first-order valence-corrected chi connectivity index (χ1v) is 9.17. The van der Waals surface area contributed by atoms with Crippen LogP contribution in [-0.2, 0) is 19.6 Å². The molecule has 0 radical (unpaired) electrons. The molecule has 0 saturated heterocycles. The number of halogens is 3. The summed E-state index contributed by atoms with van der Waals surface area (Å²) < 4.78 is 44.8. The van der Waals surface area contributed by atoms with Gasteiger partial charge in [-0.2, -0.15) is 0 Å². The lowest BCUT2D eigenvalue weighted by Gasteiger charge is -2.24. The van der Waals surface area contributed by atoms with Crippen LogP contribution >= 0.6 is 27.5 Å². The average molecular weight is 437 g/mol. The van der Waals surface area contributed by atoms with E-state index in [0.717, 1.165) is 35.7 Å². The van der Waals surface area contributed by atoms with Gasteiger partial charge in [0, 0.05) is 4.47 Å². The molecule has 0 unspecified atom stereocenters. The lowest BCUT2D eigenvalue weighted by molar-refractivity contribution is -0.138. The Balaban J connectivity index is 2.57. The second-order valence-corrected chi connectivity index (χ2v) is 7.82. The first kappa shape index (κ1) is 18.7. The fourth-order valence-corrected chi connectivity index (χ4v) is 4.15. The predicted octanol–water partition coefficient (Wildman–Crippen LogP) is 3.61. The molecule has 0 aliphatic carbocycles. The zero-order valence-electron chi connectivity index (χ0n) is 12.4. The van der Waals surface area contributed by atoms with Crippen molar-refractivity contribution >= 4 is 49.2 Å². The Morgan fingerprint density at radius 2 is 1.88 bits per heavy atom. The van der Waals surface area contributed by atoms with Gasteiger partial charge in [0.05, 0.1) is 22.7 Å². The van der Waals surface area contributed by atoms with Crippen LogP contribution in [-0.4, -0.2) is 28.0 Å². The SMILES string of the molecule is COC(=O)CN(c1ccc(Br)cc1Cl)S(=O)(=O)c1ccc(F)cc1. The van der Waals surface area contributed by atoms with E-state index in [2.05, 4.69) is 20.7 Å². The second kappa shape index (κ2) is 7.50. The van der Waals surface area contributed by atoms with Crippen molar-refractivity contribution in [1.82, 2.24) is 0 Å². The molecule has 0 heterocycles. The number of rotatable bonds is 5. The van der Waals surface area contributed by atoms with Gasteiger partial charge in [-0.25, -0.2) is 12.8 Å². The Morgan fingerprint density at radius 3 is 2.42 bits per heavy atom. The number of hydrogen-bond acceptors (Lipinski definition) is 4. The number of nitrogens with zero attached hydrogens (tertiary/aromatic N) is 1. The molecule has 0 atom stereocenters. The maximum Gasteiger partial charge on any atom is 0.326 e. The Labute approximate surface area is 152 Å². The van der Waals surface area contributed by atoms with Crippen molar-refractivity contribution in [3.63, 3.8) is 0 Å². The highest BCUT2D eigenvalue weighted by atomic mass is 79.9. The minimum atomic E-state index is -4.15. The normalized spacial score (nSPS) is 11.2. The molecular formula is C15H12BrClFNO4S. The summed E-state index contributed by atoms with van der Waals surface area (Å²) >= 11 is 9.35. The Hall–Kier alpha value is -1.64.